The van der Waals surface area contributed by atoms with Crippen molar-refractivity contribution in [1.29, 1.82) is 0 Å². The first-order chi connectivity index (χ1) is 12.7. The van der Waals surface area contributed by atoms with Gasteiger partial charge in [-0.1, -0.05) is 0 Å². The van der Waals surface area contributed by atoms with Crippen LogP contribution in [0.25, 0.3) is 0 Å². The Morgan fingerprint density at radius 1 is 0.704 bits per heavy atom. The Kier molecular flexibility index (Phi) is 12.1. The van der Waals surface area contributed by atoms with Gasteiger partial charge in [0.1, 0.15) is 18.9 Å². The minimum absolute atomic E-state index is 0.00161. The Hall–Kier alpha value is -2.70. The molecule has 0 bridgehead atoms. The second-order valence-corrected chi connectivity index (χ2v) is 5.83. The minimum Gasteiger partial charge on any atom is -0.370 e. The molecule has 3 atom stereocenters. The molecule has 12 heteroatoms. The summed E-state index contributed by atoms with van der Waals surface area (Å²) in [7, 11) is 0. The molecule has 3 amide bonds. The standard InChI is InChI=1S/C15H26N6O6/c16-13(25)4-1-10(7-22)19-21(12(9-24)3-6-15(18)27)20-11(8-23)2-5-14(17)26/h7-12,19-20H,1-6H2,(H2,16,25)(H2,17,26)(H2,18,27)/t10-,11-,12-/m0/s1. The van der Waals surface area contributed by atoms with Gasteiger partial charge in [0.25, 0.3) is 0 Å². The van der Waals surface area contributed by atoms with E-state index in [1.807, 2.05) is 0 Å². The van der Waals surface area contributed by atoms with Crippen LogP contribution in [0.3, 0.4) is 0 Å². The summed E-state index contributed by atoms with van der Waals surface area (Å²) in [6, 6.07) is -2.77. The van der Waals surface area contributed by atoms with Crippen LogP contribution in [0.4, 0.5) is 0 Å². The maximum atomic E-state index is 11.4. The molecule has 0 aromatic carbocycles. The predicted octanol–water partition coefficient (Wildman–Crippen LogP) is -3.20. The van der Waals surface area contributed by atoms with E-state index in [9.17, 15) is 28.8 Å². The van der Waals surface area contributed by atoms with Gasteiger partial charge in [-0.05, 0) is 19.3 Å². The fraction of sp³-hybridized carbons (Fsp3) is 0.600. The smallest absolute Gasteiger partial charge is 0.217 e. The van der Waals surface area contributed by atoms with Gasteiger partial charge >= 0.3 is 0 Å². The Balaban J connectivity index is 5.23. The molecule has 0 aliphatic carbocycles. The third-order valence-electron chi connectivity index (χ3n) is 3.52. The van der Waals surface area contributed by atoms with Gasteiger partial charge in [0.15, 0.2) is 0 Å². The van der Waals surface area contributed by atoms with Gasteiger partial charge in [-0.3, -0.25) is 14.4 Å². The van der Waals surface area contributed by atoms with E-state index < -0.39 is 35.8 Å². The first-order valence-electron chi connectivity index (χ1n) is 8.25. The molecule has 0 radical (unpaired) electrons. The number of primary amides is 3. The second kappa shape index (κ2) is 13.5. The number of carbonyl (C=O) groups excluding carboxylic acids is 6. The largest absolute Gasteiger partial charge is 0.370 e. The maximum absolute atomic E-state index is 11.4. The maximum Gasteiger partial charge on any atom is 0.217 e. The molecule has 0 saturated carbocycles. The van der Waals surface area contributed by atoms with Crippen LogP contribution in [0.1, 0.15) is 38.5 Å². The molecule has 0 fully saturated rings. The van der Waals surface area contributed by atoms with Crippen LogP contribution >= 0.6 is 0 Å². The van der Waals surface area contributed by atoms with Gasteiger partial charge in [-0.25, -0.2) is 10.9 Å². The number of hydrogen-bond donors (Lipinski definition) is 5. The molecule has 27 heavy (non-hydrogen) atoms. The van der Waals surface area contributed by atoms with Crippen LogP contribution in [0.5, 0.6) is 0 Å². The van der Waals surface area contributed by atoms with Crippen molar-refractivity contribution in [1.82, 2.24) is 16.0 Å². The lowest BCUT2D eigenvalue weighted by Gasteiger charge is -2.33. The van der Waals surface area contributed by atoms with E-state index in [2.05, 4.69) is 10.9 Å². The minimum atomic E-state index is -0.968. The fourth-order valence-electron chi connectivity index (χ4n) is 2.06. The van der Waals surface area contributed by atoms with Crippen molar-refractivity contribution < 1.29 is 28.8 Å². The number of hydrogen-bond acceptors (Lipinski definition) is 9. The van der Waals surface area contributed by atoms with E-state index >= 15 is 0 Å². The average Bonchev–Trinajstić information content (AvgIpc) is 2.61. The zero-order valence-electron chi connectivity index (χ0n) is 14.8. The van der Waals surface area contributed by atoms with Crippen molar-refractivity contribution in [3.05, 3.63) is 0 Å². The molecule has 152 valence electrons. The van der Waals surface area contributed by atoms with Crippen molar-refractivity contribution in [2.75, 3.05) is 0 Å². The summed E-state index contributed by atoms with van der Waals surface area (Å²) >= 11 is 0. The Labute approximate surface area is 156 Å². The highest BCUT2D eigenvalue weighted by Crippen LogP contribution is 2.05. The summed E-state index contributed by atoms with van der Waals surface area (Å²) < 4.78 is 0. The zero-order valence-corrected chi connectivity index (χ0v) is 14.8. The van der Waals surface area contributed by atoms with Crippen molar-refractivity contribution >= 4 is 36.6 Å². The van der Waals surface area contributed by atoms with Crippen LogP contribution in [-0.4, -0.2) is 59.8 Å². The molecule has 0 aliphatic heterocycles. The first-order valence-corrected chi connectivity index (χ1v) is 8.25. The van der Waals surface area contributed by atoms with Crippen molar-refractivity contribution in [2.45, 2.75) is 56.7 Å². The molecule has 8 N–H and O–H groups in total. The van der Waals surface area contributed by atoms with Gasteiger partial charge in [0.05, 0.1) is 18.1 Å². The number of nitrogens with two attached hydrogens (primary N) is 3. The molecule has 0 aliphatic rings. The molecular weight excluding hydrogens is 360 g/mol. The van der Waals surface area contributed by atoms with E-state index in [1.165, 1.54) is 0 Å². The lowest BCUT2D eigenvalue weighted by Crippen LogP contribution is -2.61. The summed E-state index contributed by atoms with van der Waals surface area (Å²) in [5.41, 5.74) is 20.5. The molecule has 0 heterocycles. The lowest BCUT2D eigenvalue weighted by molar-refractivity contribution is -0.125. The van der Waals surface area contributed by atoms with Gasteiger partial charge in [-0.15, -0.1) is 0 Å². The molecule has 0 aromatic heterocycles. The van der Waals surface area contributed by atoms with E-state index in [0.29, 0.717) is 18.9 Å². The Morgan fingerprint density at radius 3 is 1.37 bits per heavy atom. The summed E-state index contributed by atoms with van der Waals surface area (Å²) in [5.74, 6) is -1.87. The van der Waals surface area contributed by atoms with Crippen molar-refractivity contribution in [2.24, 2.45) is 17.2 Å². The van der Waals surface area contributed by atoms with Gasteiger partial charge < -0.3 is 31.6 Å². The van der Waals surface area contributed by atoms with Gasteiger partial charge in [-0.2, -0.15) is 5.12 Å². The number of nitrogens with zero attached hydrogens (tertiary/aromatic N) is 1. The molecule has 0 unspecified atom stereocenters. The molecular formula is C15H26N6O6. The predicted molar refractivity (Wildman–Crippen MR) is 93.0 cm³/mol. The van der Waals surface area contributed by atoms with Gasteiger partial charge in [0.2, 0.25) is 17.7 Å². The van der Waals surface area contributed by atoms with Crippen LogP contribution in [0.2, 0.25) is 0 Å². The van der Waals surface area contributed by atoms with E-state index in [-0.39, 0.29) is 38.5 Å². The monoisotopic (exact) mass is 386 g/mol. The number of carbonyl (C=O) groups is 6. The number of aldehydes is 3. The third kappa shape index (κ3) is 11.5. The Morgan fingerprint density at radius 2 is 1.07 bits per heavy atom. The lowest BCUT2D eigenvalue weighted by atomic mass is 10.1. The van der Waals surface area contributed by atoms with Crippen LogP contribution in [0, 0.1) is 0 Å². The van der Waals surface area contributed by atoms with Gasteiger partial charge in [0, 0.05) is 19.3 Å². The van der Waals surface area contributed by atoms with Crippen LogP contribution in [-0.2, 0) is 28.8 Å². The average molecular weight is 386 g/mol. The first kappa shape index (κ1) is 24.3. The number of nitrogens with one attached hydrogen (secondary N) is 2. The molecule has 0 aromatic rings. The summed E-state index contributed by atoms with van der Waals surface area (Å²) in [6.45, 7) is 0. The summed E-state index contributed by atoms with van der Waals surface area (Å²) in [5, 5.41) is 1.09. The van der Waals surface area contributed by atoms with Crippen LogP contribution in [0.15, 0.2) is 0 Å². The van der Waals surface area contributed by atoms with E-state index in [0.717, 1.165) is 5.12 Å². The SMILES string of the molecule is NC(=O)CC[C@@H](C=O)NN(N[C@H](C=O)CCC(N)=O)[C@H](C=O)CCC(N)=O. The number of rotatable bonds is 17. The topological polar surface area (TPSA) is 208 Å². The highest BCUT2D eigenvalue weighted by atomic mass is 16.2. The number of amides is 3. The van der Waals surface area contributed by atoms with E-state index in [4.69, 9.17) is 17.2 Å². The second-order valence-electron chi connectivity index (χ2n) is 5.83. The fourth-order valence-corrected chi connectivity index (χ4v) is 2.06. The van der Waals surface area contributed by atoms with Crippen molar-refractivity contribution in [3.63, 3.8) is 0 Å². The van der Waals surface area contributed by atoms with Crippen LogP contribution < -0.4 is 28.1 Å². The zero-order chi connectivity index (χ0) is 20.8. The summed E-state index contributed by atoms with van der Waals surface area (Å²) in [6.07, 6.45) is 1.31. The molecule has 0 rings (SSSR count). The highest BCUT2D eigenvalue weighted by Gasteiger charge is 2.24. The highest BCUT2D eigenvalue weighted by molar-refractivity contribution is 5.75. The van der Waals surface area contributed by atoms with Crippen molar-refractivity contribution in [3.8, 4) is 0 Å². The third-order valence-corrected chi connectivity index (χ3v) is 3.52. The summed E-state index contributed by atoms with van der Waals surface area (Å²) in [4.78, 5) is 66.7. The van der Waals surface area contributed by atoms with E-state index in [1.54, 1.807) is 0 Å². The molecule has 0 spiro atoms. The molecule has 12 nitrogen and oxygen atoms in total. The Bertz CT molecular complexity index is 511. The number of hydrazine groups is 2. The normalized spacial score (nSPS) is 14.1. The molecule has 0 saturated heterocycles. The quantitative estimate of drug-likeness (QED) is 0.126.